The number of hydrogen-bond acceptors (Lipinski definition) is 1. The van der Waals surface area contributed by atoms with E-state index in [1.807, 2.05) is 30.3 Å². The zero-order valence-corrected chi connectivity index (χ0v) is 11.4. The molecule has 0 radical (unpaired) electrons. The number of benzene rings is 2. The Morgan fingerprint density at radius 1 is 0.905 bits per heavy atom. The average Bonchev–Trinajstić information content (AvgIpc) is 3.28. The Morgan fingerprint density at radius 2 is 1.48 bits per heavy atom. The molecule has 0 aromatic heterocycles. The maximum absolute atomic E-state index is 13.2. The second kappa shape index (κ2) is 4.88. The van der Waals surface area contributed by atoms with Crippen LogP contribution in [0.3, 0.4) is 0 Å². The monoisotopic (exact) mass is 291 g/mol. The predicted molar refractivity (Wildman–Crippen MR) is 75.7 cm³/mol. The summed E-state index contributed by atoms with van der Waals surface area (Å²) in [6.07, 6.45) is -2.73. The van der Waals surface area contributed by atoms with Crippen molar-refractivity contribution in [2.45, 2.75) is 30.5 Å². The molecule has 0 saturated heterocycles. The molecule has 21 heavy (non-hydrogen) atoms. The van der Waals surface area contributed by atoms with Crippen molar-refractivity contribution in [2.24, 2.45) is 5.73 Å². The molecule has 110 valence electrons. The summed E-state index contributed by atoms with van der Waals surface area (Å²) in [5, 5.41) is 0. The number of halogens is 3. The van der Waals surface area contributed by atoms with E-state index in [1.54, 1.807) is 6.07 Å². The van der Waals surface area contributed by atoms with Crippen LogP contribution >= 0.6 is 0 Å². The summed E-state index contributed by atoms with van der Waals surface area (Å²) in [6, 6.07) is 14.6. The summed E-state index contributed by atoms with van der Waals surface area (Å²) in [7, 11) is 0. The van der Waals surface area contributed by atoms with Crippen LogP contribution in [0.15, 0.2) is 54.6 Å². The average molecular weight is 291 g/mol. The molecule has 2 N–H and O–H groups in total. The normalized spacial score (nSPS) is 18.3. The van der Waals surface area contributed by atoms with Gasteiger partial charge >= 0.3 is 6.18 Å². The largest absolute Gasteiger partial charge is 0.416 e. The van der Waals surface area contributed by atoms with Crippen LogP contribution < -0.4 is 5.73 Å². The van der Waals surface area contributed by atoms with Crippen molar-refractivity contribution in [3.8, 4) is 0 Å². The summed E-state index contributed by atoms with van der Waals surface area (Å²) < 4.78 is 39.5. The third kappa shape index (κ3) is 2.44. The minimum Gasteiger partial charge on any atom is -0.323 e. The first-order valence-corrected chi connectivity index (χ1v) is 6.92. The van der Waals surface area contributed by atoms with Gasteiger partial charge in [0.2, 0.25) is 0 Å². The van der Waals surface area contributed by atoms with Crippen molar-refractivity contribution in [2.75, 3.05) is 0 Å². The van der Waals surface area contributed by atoms with Crippen molar-refractivity contribution >= 4 is 0 Å². The fourth-order valence-corrected chi connectivity index (χ4v) is 3.01. The van der Waals surface area contributed by atoms with Crippen LogP contribution in [0.5, 0.6) is 0 Å². The van der Waals surface area contributed by atoms with Gasteiger partial charge in [-0.3, -0.25) is 0 Å². The molecule has 2 aromatic rings. The fourth-order valence-electron chi connectivity index (χ4n) is 3.01. The molecule has 3 rings (SSSR count). The Hall–Kier alpha value is -1.81. The molecule has 1 aliphatic carbocycles. The van der Waals surface area contributed by atoms with Gasteiger partial charge in [-0.2, -0.15) is 13.2 Å². The van der Waals surface area contributed by atoms with E-state index in [0.29, 0.717) is 0 Å². The Bertz CT molecular complexity index is 630. The van der Waals surface area contributed by atoms with E-state index >= 15 is 0 Å². The van der Waals surface area contributed by atoms with E-state index in [9.17, 15) is 13.2 Å². The lowest BCUT2D eigenvalue weighted by Crippen LogP contribution is -2.28. The maximum atomic E-state index is 13.2. The summed E-state index contributed by atoms with van der Waals surface area (Å²) in [4.78, 5) is 0. The Kier molecular flexibility index (Phi) is 3.29. The van der Waals surface area contributed by atoms with Crippen LogP contribution in [0.25, 0.3) is 0 Å². The van der Waals surface area contributed by atoms with Gasteiger partial charge in [0.25, 0.3) is 0 Å². The van der Waals surface area contributed by atoms with E-state index in [1.165, 1.54) is 12.1 Å². The molecule has 4 heteroatoms. The van der Waals surface area contributed by atoms with E-state index in [0.717, 1.165) is 24.5 Å². The first kappa shape index (κ1) is 14.1. The number of nitrogens with two attached hydrogens (primary N) is 1. The Morgan fingerprint density at radius 3 is 2.05 bits per heavy atom. The second-order valence-corrected chi connectivity index (χ2v) is 5.58. The predicted octanol–water partition coefficient (Wildman–Crippen LogP) is 4.44. The molecular weight excluding hydrogens is 275 g/mol. The van der Waals surface area contributed by atoms with Gasteiger partial charge in [0, 0.05) is 11.5 Å². The van der Waals surface area contributed by atoms with E-state index < -0.39 is 17.8 Å². The summed E-state index contributed by atoms with van der Waals surface area (Å²) >= 11 is 0. The smallest absolute Gasteiger partial charge is 0.323 e. The van der Waals surface area contributed by atoms with Gasteiger partial charge in [-0.05, 0) is 30.0 Å². The lowest BCUT2D eigenvalue weighted by atomic mass is 9.82. The number of hydrogen-bond donors (Lipinski definition) is 1. The second-order valence-electron chi connectivity index (χ2n) is 5.58. The van der Waals surface area contributed by atoms with Crippen LogP contribution in [-0.4, -0.2) is 0 Å². The zero-order chi connectivity index (χ0) is 15.1. The molecule has 1 atom stereocenters. The lowest BCUT2D eigenvalue weighted by molar-refractivity contribution is -0.138. The van der Waals surface area contributed by atoms with Crippen molar-refractivity contribution in [3.05, 3.63) is 71.3 Å². The molecular formula is C17H16F3N. The molecule has 1 aliphatic rings. The van der Waals surface area contributed by atoms with Gasteiger partial charge < -0.3 is 5.73 Å². The highest BCUT2D eigenvalue weighted by molar-refractivity contribution is 5.42. The molecule has 1 saturated carbocycles. The number of alkyl halides is 3. The van der Waals surface area contributed by atoms with Crippen molar-refractivity contribution in [1.29, 1.82) is 0 Å². The highest BCUT2D eigenvalue weighted by Gasteiger charge is 2.51. The molecule has 0 bridgehead atoms. The highest BCUT2D eigenvalue weighted by atomic mass is 19.4. The van der Waals surface area contributed by atoms with Crippen molar-refractivity contribution in [3.63, 3.8) is 0 Å². The van der Waals surface area contributed by atoms with Gasteiger partial charge in [-0.15, -0.1) is 0 Å². The molecule has 0 aliphatic heterocycles. The Labute approximate surface area is 121 Å². The van der Waals surface area contributed by atoms with Crippen LogP contribution in [0.2, 0.25) is 0 Å². The fraction of sp³-hybridized carbons (Fsp3) is 0.294. The van der Waals surface area contributed by atoms with Crippen LogP contribution in [0, 0.1) is 0 Å². The molecule has 1 unspecified atom stereocenters. The van der Waals surface area contributed by atoms with Crippen LogP contribution in [0.4, 0.5) is 13.2 Å². The summed E-state index contributed by atoms with van der Waals surface area (Å²) in [6.45, 7) is 0. The van der Waals surface area contributed by atoms with Gasteiger partial charge in [0.05, 0.1) is 5.56 Å². The summed E-state index contributed by atoms with van der Waals surface area (Å²) in [5.41, 5.74) is 6.49. The van der Waals surface area contributed by atoms with Crippen LogP contribution in [0.1, 0.15) is 35.6 Å². The first-order valence-electron chi connectivity index (χ1n) is 6.92. The van der Waals surface area contributed by atoms with Gasteiger partial charge in [0.1, 0.15) is 0 Å². The van der Waals surface area contributed by atoms with E-state index in [4.69, 9.17) is 5.73 Å². The Balaban J connectivity index is 2.03. The third-order valence-electron chi connectivity index (χ3n) is 4.33. The summed E-state index contributed by atoms with van der Waals surface area (Å²) in [5.74, 6) is 0. The van der Waals surface area contributed by atoms with E-state index in [-0.39, 0.29) is 11.0 Å². The SMILES string of the molecule is NC(c1ccccc1C(F)(F)F)C1(c2ccccc2)CC1. The molecule has 0 amide bonds. The lowest BCUT2D eigenvalue weighted by Gasteiger charge is -2.27. The quantitative estimate of drug-likeness (QED) is 0.889. The first-order chi connectivity index (χ1) is 9.95. The molecule has 2 aromatic carbocycles. The van der Waals surface area contributed by atoms with Gasteiger partial charge in [0.15, 0.2) is 0 Å². The zero-order valence-electron chi connectivity index (χ0n) is 11.4. The minimum absolute atomic E-state index is 0.186. The molecule has 0 spiro atoms. The van der Waals surface area contributed by atoms with Gasteiger partial charge in [-0.25, -0.2) is 0 Å². The molecule has 0 heterocycles. The van der Waals surface area contributed by atoms with E-state index in [2.05, 4.69) is 0 Å². The van der Waals surface area contributed by atoms with Crippen LogP contribution in [-0.2, 0) is 11.6 Å². The van der Waals surface area contributed by atoms with Gasteiger partial charge in [-0.1, -0.05) is 48.5 Å². The molecule has 1 nitrogen and oxygen atoms in total. The van der Waals surface area contributed by atoms with Crippen molar-refractivity contribution < 1.29 is 13.2 Å². The number of rotatable bonds is 3. The highest BCUT2D eigenvalue weighted by Crippen LogP contribution is 2.56. The topological polar surface area (TPSA) is 26.0 Å². The molecule has 1 fully saturated rings. The third-order valence-corrected chi connectivity index (χ3v) is 4.33. The standard InChI is InChI=1S/C17H16F3N/c18-17(19,20)14-9-5-4-8-13(14)15(21)16(10-11-16)12-6-2-1-3-7-12/h1-9,15H,10-11,21H2. The minimum atomic E-state index is -4.37. The maximum Gasteiger partial charge on any atom is 0.416 e. The van der Waals surface area contributed by atoms with Crippen molar-refractivity contribution in [1.82, 2.24) is 0 Å².